The molecule has 0 N–H and O–H groups in total. The van der Waals surface area contributed by atoms with Crippen LogP contribution in [0.4, 0.5) is 4.39 Å². The minimum absolute atomic E-state index is 0.105. The maximum atomic E-state index is 12.8. The van der Waals surface area contributed by atoms with Gasteiger partial charge in [0.25, 0.3) is 5.91 Å². The average molecular weight is 334 g/mol. The van der Waals surface area contributed by atoms with Crippen LogP contribution >= 0.6 is 11.6 Å². The smallest absolute Gasteiger partial charge is 0.270 e. The fourth-order valence-electron chi connectivity index (χ4n) is 2.49. The first-order valence-corrected chi connectivity index (χ1v) is 7.59. The summed E-state index contributed by atoms with van der Waals surface area (Å²) in [5.41, 5.74) is 1.50. The predicted molar refractivity (Wildman–Crippen MR) is 89.2 cm³/mol. The zero-order chi connectivity index (χ0) is 17.1. The van der Waals surface area contributed by atoms with Gasteiger partial charge in [-0.1, -0.05) is 24.2 Å². The molecule has 6 heteroatoms. The molecule has 0 radical (unpaired) electrons. The van der Waals surface area contributed by atoms with Crippen molar-refractivity contribution in [3.8, 4) is 6.07 Å². The number of nitrogens with zero attached hydrogens (tertiary/aromatic N) is 3. The molecule has 120 valence electrons. The Morgan fingerprint density at radius 3 is 2.78 bits per heavy atom. The van der Waals surface area contributed by atoms with E-state index in [-0.39, 0.29) is 18.9 Å². The number of nitriles is 1. The molecular weight excluding hydrogens is 317 g/mol. The number of aryl methyl sites for hydroxylation is 1. The van der Waals surface area contributed by atoms with Crippen molar-refractivity contribution in [2.75, 3.05) is 13.6 Å². The van der Waals surface area contributed by atoms with Gasteiger partial charge in [0.15, 0.2) is 0 Å². The summed E-state index contributed by atoms with van der Waals surface area (Å²) >= 11 is 6.30. The van der Waals surface area contributed by atoms with Crippen LogP contribution in [0.3, 0.4) is 0 Å². The monoisotopic (exact) mass is 333 g/mol. The lowest BCUT2D eigenvalue weighted by molar-refractivity contribution is 0.0785. The summed E-state index contributed by atoms with van der Waals surface area (Å²) < 4.78 is 14.6. The quantitative estimate of drug-likeness (QED) is 0.826. The molecule has 0 unspecified atom stereocenters. The van der Waals surface area contributed by atoms with Crippen LogP contribution < -0.4 is 0 Å². The molecule has 0 fully saturated rings. The molecule has 0 saturated carbocycles. The number of hydrogen-bond donors (Lipinski definition) is 0. The Kier molecular flexibility index (Phi) is 5.07. The number of fused-ring (bicyclic) bond motifs is 1. The highest BCUT2D eigenvalue weighted by Crippen LogP contribution is 2.30. The van der Waals surface area contributed by atoms with E-state index in [2.05, 4.69) is 6.58 Å². The van der Waals surface area contributed by atoms with Crippen LogP contribution in [0.15, 0.2) is 30.6 Å². The molecule has 2 aromatic rings. The van der Waals surface area contributed by atoms with E-state index in [1.165, 1.54) is 4.90 Å². The van der Waals surface area contributed by atoms with Crippen molar-refractivity contribution in [2.45, 2.75) is 19.9 Å². The number of carbonyl (C=O) groups is 1. The average Bonchev–Trinajstić information content (AvgIpc) is 2.91. The second kappa shape index (κ2) is 6.84. The Hall–Kier alpha value is -2.32. The highest BCUT2D eigenvalue weighted by Gasteiger charge is 2.20. The summed E-state index contributed by atoms with van der Waals surface area (Å²) in [6.45, 7) is 5.88. The van der Waals surface area contributed by atoms with Gasteiger partial charge in [-0.2, -0.15) is 5.26 Å². The highest BCUT2D eigenvalue weighted by atomic mass is 35.5. The molecular formula is C17H17ClFN3O. The number of hydrogen-bond acceptors (Lipinski definition) is 2. The van der Waals surface area contributed by atoms with Gasteiger partial charge in [-0.05, 0) is 19.1 Å². The summed E-state index contributed by atoms with van der Waals surface area (Å²) in [5.74, 6) is -0.679. The van der Waals surface area contributed by atoms with E-state index < -0.39 is 5.83 Å². The third kappa shape index (κ3) is 3.22. The van der Waals surface area contributed by atoms with Crippen LogP contribution in [0.5, 0.6) is 0 Å². The number of halogens is 2. The molecule has 0 saturated heterocycles. The van der Waals surface area contributed by atoms with Gasteiger partial charge in [0.05, 0.1) is 21.9 Å². The second-order valence-corrected chi connectivity index (χ2v) is 5.62. The van der Waals surface area contributed by atoms with Crippen molar-refractivity contribution in [1.82, 2.24) is 9.47 Å². The molecule has 0 atom stereocenters. The normalized spacial score (nSPS) is 10.6. The number of aromatic nitrogens is 1. The molecule has 2 rings (SSSR count). The number of carbonyl (C=O) groups excluding carboxylic acids is 1. The van der Waals surface area contributed by atoms with Gasteiger partial charge in [-0.15, -0.1) is 0 Å². The Labute approximate surface area is 139 Å². The standard InChI is InChI=1S/C17H17ClFN3O/c1-4-22-14(17(23)21(3)8-7-11(2)19)9-12-5-6-13(10-20)15(18)16(12)22/h5-6,9H,2,4,7-8H2,1,3H3. The van der Waals surface area contributed by atoms with Crippen LogP contribution in [0, 0.1) is 11.3 Å². The van der Waals surface area contributed by atoms with Crippen molar-refractivity contribution in [3.63, 3.8) is 0 Å². The van der Waals surface area contributed by atoms with Crippen molar-refractivity contribution in [2.24, 2.45) is 0 Å². The first-order chi connectivity index (χ1) is 10.9. The van der Waals surface area contributed by atoms with Gasteiger partial charge in [-0.25, -0.2) is 4.39 Å². The Morgan fingerprint density at radius 1 is 1.52 bits per heavy atom. The van der Waals surface area contributed by atoms with Crippen LogP contribution in [-0.4, -0.2) is 29.0 Å². The van der Waals surface area contributed by atoms with Gasteiger partial charge in [0, 0.05) is 31.9 Å². The van der Waals surface area contributed by atoms with Crippen molar-refractivity contribution >= 4 is 28.4 Å². The summed E-state index contributed by atoms with van der Waals surface area (Å²) in [7, 11) is 1.62. The zero-order valence-corrected chi connectivity index (χ0v) is 13.8. The largest absolute Gasteiger partial charge is 0.340 e. The van der Waals surface area contributed by atoms with Gasteiger partial charge >= 0.3 is 0 Å². The van der Waals surface area contributed by atoms with Crippen LogP contribution in [-0.2, 0) is 6.54 Å². The maximum absolute atomic E-state index is 12.8. The summed E-state index contributed by atoms with van der Waals surface area (Å²) in [6, 6.07) is 7.19. The fourth-order valence-corrected chi connectivity index (χ4v) is 2.81. The summed E-state index contributed by atoms with van der Waals surface area (Å²) in [5, 5.41) is 10.2. The zero-order valence-electron chi connectivity index (χ0n) is 13.1. The lowest BCUT2D eigenvalue weighted by Gasteiger charge is -2.18. The number of rotatable bonds is 5. The van der Waals surface area contributed by atoms with Gasteiger partial charge < -0.3 is 9.47 Å². The molecule has 4 nitrogen and oxygen atoms in total. The highest BCUT2D eigenvalue weighted by molar-refractivity contribution is 6.36. The van der Waals surface area contributed by atoms with Crippen LogP contribution in [0.2, 0.25) is 5.02 Å². The van der Waals surface area contributed by atoms with Crippen LogP contribution in [0.25, 0.3) is 10.9 Å². The molecule has 1 heterocycles. The summed E-state index contributed by atoms with van der Waals surface area (Å²) in [4.78, 5) is 14.1. The minimum atomic E-state index is -0.456. The lowest BCUT2D eigenvalue weighted by Crippen LogP contribution is -2.29. The molecule has 1 amide bonds. The molecule has 0 spiro atoms. The summed E-state index contributed by atoms with van der Waals surface area (Å²) in [6.07, 6.45) is 0.105. The van der Waals surface area contributed by atoms with E-state index in [0.29, 0.717) is 28.3 Å². The minimum Gasteiger partial charge on any atom is -0.340 e. The first kappa shape index (κ1) is 17.0. The Morgan fingerprint density at radius 2 is 2.22 bits per heavy atom. The van der Waals surface area contributed by atoms with Crippen LogP contribution in [0.1, 0.15) is 29.4 Å². The van der Waals surface area contributed by atoms with Crippen molar-refractivity contribution in [3.05, 3.63) is 46.9 Å². The predicted octanol–water partition coefficient (Wildman–Crippen LogP) is 4.13. The van der Waals surface area contributed by atoms with Gasteiger partial charge in [0.1, 0.15) is 11.8 Å². The lowest BCUT2D eigenvalue weighted by atomic mass is 10.2. The molecule has 0 aliphatic carbocycles. The van der Waals surface area contributed by atoms with Gasteiger partial charge in [0.2, 0.25) is 0 Å². The molecule has 1 aromatic heterocycles. The van der Waals surface area contributed by atoms with Gasteiger partial charge in [-0.3, -0.25) is 4.79 Å². The molecule has 0 aliphatic heterocycles. The van der Waals surface area contributed by atoms with Crippen molar-refractivity contribution < 1.29 is 9.18 Å². The fraction of sp³-hybridized carbons (Fsp3) is 0.294. The van der Waals surface area contributed by atoms with E-state index in [1.54, 1.807) is 29.8 Å². The molecule has 1 aromatic carbocycles. The molecule has 0 aliphatic rings. The number of benzene rings is 1. The van der Waals surface area contributed by atoms with E-state index >= 15 is 0 Å². The van der Waals surface area contributed by atoms with E-state index in [9.17, 15) is 9.18 Å². The van der Waals surface area contributed by atoms with E-state index in [0.717, 1.165) is 5.39 Å². The van der Waals surface area contributed by atoms with E-state index in [4.69, 9.17) is 16.9 Å². The second-order valence-electron chi connectivity index (χ2n) is 5.24. The topological polar surface area (TPSA) is 49.0 Å². The third-order valence-corrected chi connectivity index (χ3v) is 4.10. The van der Waals surface area contributed by atoms with E-state index in [1.807, 2.05) is 13.0 Å². The Bertz CT molecular complexity index is 819. The third-order valence-electron chi connectivity index (χ3n) is 3.72. The molecule has 0 bridgehead atoms. The number of amides is 1. The first-order valence-electron chi connectivity index (χ1n) is 7.21. The molecule has 23 heavy (non-hydrogen) atoms. The maximum Gasteiger partial charge on any atom is 0.270 e. The van der Waals surface area contributed by atoms with Crippen molar-refractivity contribution in [1.29, 1.82) is 5.26 Å². The Balaban J connectivity index is 2.49. The SMILES string of the molecule is C=C(F)CCN(C)C(=O)c1cc2ccc(C#N)c(Cl)c2n1CC.